The Hall–Kier alpha value is -0.840. The Kier molecular flexibility index (Phi) is 7.13. The number of halogens is 1. The first-order valence-corrected chi connectivity index (χ1v) is 7.92. The first kappa shape index (κ1) is 16.2. The lowest BCUT2D eigenvalue weighted by Crippen LogP contribution is -2.24. The third-order valence-corrected chi connectivity index (χ3v) is 4.18. The van der Waals surface area contributed by atoms with Crippen molar-refractivity contribution in [1.29, 1.82) is 0 Å². The number of hydrogen-bond donors (Lipinski definition) is 1. The molecule has 0 aliphatic heterocycles. The number of nitrogens with zero attached hydrogens (tertiary/aromatic N) is 2. The molecule has 0 spiro atoms. The van der Waals surface area contributed by atoms with E-state index in [0.29, 0.717) is 16.9 Å². The minimum Gasteiger partial charge on any atom is -0.382 e. The molecule has 0 saturated carbocycles. The molecule has 1 aromatic rings. The Labute approximate surface area is 123 Å². The van der Waals surface area contributed by atoms with Crippen molar-refractivity contribution >= 4 is 21.6 Å². The fourth-order valence-corrected chi connectivity index (χ4v) is 2.46. The summed E-state index contributed by atoms with van der Waals surface area (Å²) in [5, 5.41) is 7.48. The second kappa shape index (κ2) is 8.35. The molecule has 1 rings (SSSR count). The zero-order chi connectivity index (χ0) is 14.3. The summed E-state index contributed by atoms with van der Waals surface area (Å²) in [7, 11) is 0. The Morgan fingerprint density at radius 2 is 2.16 bits per heavy atom. The van der Waals surface area contributed by atoms with Crippen LogP contribution >= 0.6 is 15.9 Å². The zero-order valence-electron chi connectivity index (χ0n) is 12.1. The summed E-state index contributed by atoms with van der Waals surface area (Å²) >= 11 is 3.36. The SMILES string of the molecule is CCCCC(CC)CNc1cnn(CC)c(=O)c1Br. The fourth-order valence-electron chi connectivity index (χ4n) is 2.01. The Balaban J connectivity index is 2.67. The van der Waals surface area contributed by atoms with Crippen LogP contribution < -0.4 is 10.9 Å². The van der Waals surface area contributed by atoms with Gasteiger partial charge in [0.05, 0.1) is 11.9 Å². The minimum absolute atomic E-state index is 0.0749. The molecule has 0 aliphatic rings. The monoisotopic (exact) mass is 329 g/mol. The van der Waals surface area contributed by atoms with E-state index >= 15 is 0 Å². The highest BCUT2D eigenvalue weighted by atomic mass is 79.9. The molecule has 1 aromatic heterocycles. The van der Waals surface area contributed by atoms with E-state index in [2.05, 4.69) is 40.2 Å². The van der Waals surface area contributed by atoms with Gasteiger partial charge in [0.25, 0.3) is 5.56 Å². The quantitative estimate of drug-likeness (QED) is 0.791. The number of unbranched alkanes of at least 4 members (excludes halogenated alkanes) is 1. The molecule has 108 valence electrons. The molecule has 0 bridgehead atoms. The zero-order valence-corrected chi connectivity index (χ0v) is 13.7. The van der Waals surface area contributed by atoms with Crippen LogP contribution in [0.3, 0.4) is 0 Å². The van der Waals surface area contributed by atoms with Crippen LogP contribution in [0.1, 0.15) is 46.5 Å². The maximum absolute atomic E-state index is 11.9. The van der Waals surface area contributed by atoms with Crippen molar-refractivity contribution in [2.75, 3.05) is 11.9 Å². The number of hydrogen-bond acceptors (Lipinski definition) is 3. The standard InChI is InChI=1S/C14H24BrN3O/c1-4-7-8-11(5-2)9-16-12-10-17-18(6-3)14(19)13(12)15/h10-11,16H,4-9H2,1-3H3. The topological polar surface area (TPSA) is 46.9 Å². The highest BCUT2D eigenvalue weighted by molar-refractivity contribution is 9.10. The van der Waals surface area contributed by atoms with E-state index in [1.54, 1.807) is 6.20 Å². The van der Waals surface area contributed by atoms with Gasteiger partial charge in [0.15, 0.2) is 0 Å². The second-order valence-electron chi connectivity index (χ2n) is 4.79. The largest absolute Gasteiger partial charge is 0.382 e. The van der Waals surface area contributed by atoms with Gasteiger partial charge in [-0.15, -0.1) is 0 Å². The molecular weight excluding hydrogens is 306 g/mol. The summed E-state index contributed by atoms with van der Waals surface area (Å²) in [6.45, 7) is 7.82. The molecule has 4 nitrogen and oxygen atoms in total. The van der Waals surface area contributed by atoms with E-state index in [9.17, 15) is 4.79 Å². The van der Waals surface area contributed by atoms with Crippen molar-refractivity contribution in [2.24, 2.45) is 5.92 Å². The molecule has 1 heterocycles. The smallest absolute Gasteiger partial charge is 0.283 e. The molecule has 1 atom stereocenters. The molecule has 1 unspecified atom stereocenters. The van der Waals surface area contributed by atoms with Gasteiger partial charge in [-0.05, 0) is 35.2 Å². The van der Waals surface area contributed by atoms with Gasteiger partial charge in [0.2, 0.25) is 0 Å². The van der Waals surface area contributed by atoms with Crippen molar-refractivity contribution in [3.05, 3.63) is 21.0 Å². The molecule has 1 N–H and O–H groups in total. The average molecular weight is 330 g/mol. The van der Waals surface area contributed by atoms with Gasteiger partial charge in [0.1, 0.15) is 4.47 Å². The lowest BCUT2D eigenvalue weighted by Gasteiger charge is -2.16. The van der Waals surface area contributed by atoms with Gasteiger partial charge in [-0.3, -0.25) is 4.79 Å². The van der Waals surface area contributed by atoms with E-state index in [-0.39, 0.29) is 5.56 Å². The third kappa shape index (κ3) is 4.64. The van der Waals surface area contributed by atoms with Crippen LogP contribution in [0.25, 0.3) is 0 Å². The first-order valence-electron chi connectivity index (χ1n) is 7.13. The third-order valence-electron chi connectivity index (χ3n) is 3.41. The Morgan fingerprint density at radius 1 is 1.42 bits per heavy atom. The lowest BCUT2D eigenvalue weighted by molar-refractivity contribution is 0.472. The fraction of sp³-hybridized carbons (Fsp3) is 0.714. The molecule has 0 radical (unpaired) electrons. The predicted octanol–water partition coefficient (Wildman–Crippen LogP) is 3.65. The van der Waals surface area contributed by atoms with Gasteiger partial charge in [-0.2, -0.15) is 5.10 Å². The summed E-state index contributed by atoms with van der Waals surface area (Å²) in [6, 6.07) is 0. The molecule has 19 heavy (non-hydrogen) atoms. The molecule has 5 heteroatoms. The summed E-state index contributed by atoms with van der Waals surface area (Å²) in [4.78, 5) is 11.9. The highest BCUT2D eigenvalue weighted by Crippen LogP contribution is 2.19. The molecule has 0 aliphatic carbocycles. The van der Waals surface area contributed by atoms with Crippen molar-refractivity contribution in [2.45, 2.75) is 53.0 Å². The van der Waals surface area contributed by atoms with Crippen molar-refractivity contribution in [1.82, 2.24) is 9.78 Å². The molecule has 0 aromatic carbocycles. The van der Waals surface area contributed by atoms with Crippen LogP contribution in [0.15, 0.2) is 15.5 Å². The van der Waals surface area contributed by atoms with Crippen LogP contribution in [0.4, 0.5) is 5.69 Å². The summed E-state index contributed by atoms with van der Waals surface area (Å²) in [5.41, 5.74) is 0.721. The average Bonchev–Trinajstić information content (AvgIpc) is 2.43. The number of rotatable bonds is 8. The van der Waals surface area contributed by atoms with Crippen molar-refractivity contribution in [3.63, 3.8) is 0 Å². The number of aromatic nitrogens is 2. The highest BCUT2D eigenvalue weighted by Gasteiger charge is 2.10. The van der Waals surface area contributed by atoms with E-state index in [1.807, 2.05) is 6.92 Å². The van der Waals surface area contributed by atoms with Crippen LogP contribution in [0.2, 0.25) is 0 Å². The maximum atomic E-state index is 11.9. The van der Waals surface area contributed by atoms with Crippen LogP contribution in [0.5, 0.6) is 0 Å². The van der Waals surface area contributed by atoms with E-state index in [1.165, 1.54) is 23.9 Å². The second-order valence-corrected chi connectivity index (χ2v) is 5.58. The summed E-state index contributed by atoms with van der Waals surface area (Å²) < 4.78 is 2.03. The van der Waals surface area contributed by atoms with Crippen molar-refractivity contribution in [3.8, 4) is 0 Å². The van der Waals surface area contributed by atoms with Gasteiger partial charge >= 0.3 is 0 Å². The Bertz CT molecular complexity index is 445. The first-order chi connectivity index (χ1) is 9.13. The van der Waals surface area contributed by atoms with E-state index in [4.69, 9.17) is 0 Å². The minimum atomic E-state index is -0.0749. The van der Waals surface area contributed by atoms with Crippen LogP contribution in [-0.2, 0) is 6.54 Å². The van der Waals surface area contributed by atoms with E-state index < -0.39 is 0 Å². The van der Waals surface area contributed by atoms with Crippen LogP contribution in [0, 0.1) is 5.92 Å². The summed E-state index contributed by atoms with van der Waals surface area (Å²) in [6.07, 6.45) is 6.61. The normalized spacial score (nSPS) is 12.4. The maximum Gasteiger partial charge on any atom is 0.283 e. The molecule has 0 fully saturated rings. The van der Waals surface area contributed by atoms with E-state index in [0.717, 1.165) is 18.7 Å². The lowest BCUT2D eigenvalue weighted by atomic mass is 9.99. The van der Waals surface area contributed by atoms with Gasteiger partial charge in [-0.1, -0.05) is 33.1 Å². The van der Waals surface area contributed by atoms with Gasteiger partial charge in [-0.25, -0.2) is 4.68 Å². The summed E-state index contributed by atoms with van der Waals surface area (Å²) in [5.74, 6) is 0.653. The van der Waals surface area contributed by atoms with Gasteiger partial charge < -0.3 is 5.32 Å². The molecule has 0 saturated heterocycles. The Morgan fingerprint density at radius 3 is 2.74 bits per heavy atom. The number of anilines is 1. The number of nitrogens with one attached hydrogen (secondary N) is 1. The molecule has 0 amide bonds. The predicted molar refractivity (Wildman–Crippen MR) is 83.7 cm³/mol. The number of aryl methyl sites for hydroxylation is 1. The van der Waals surface area contributed by atoms with Crippen LogP contribution in [-0.4, -0.2) is 16.3 Å². The molecular formula is C14H24BrN3O. The van der Waals surface area contributed by atoms with Crippen molar-refractivity contribution < 1.29 is 0 Å². The van der Waals surface area contributed by atoms with Gasteiger partial charge in [0, 0.05) is 13.1 Å².